The van der Waals surface area contributed by atoms with E-state index in [0.717, 1.165) is 12.0 Å². The van der Waals surface area contributed by atoms with Crippen LogP contribution in [0.1, 0.15) is 19.4 Å². The minimum Gasteiger partial charge on any atom is -0.397 e. The zero-order valence-electron chi connectivity index (χ0n) is 17.1. The molecule has 0 aromatic heterocycles. The highest BCUT2D eigenvalue weighted by molar-refractivity contribution is 6.70. The van der Waals surface area contributed by atoms with Crippen molar-refractivity contribution >= 4 is 23.0 Å². The summed E-state index contributed by atoms with van der Waals surface area (Å²) in [6.45, 7) is 17.1. The molecule has 0 saturated carbocycles. The van der Waals surface area contributed by atoms with Crippen LogP contribution in [0.2, 0.25) is 39.3 Å². The second-order valence-corrected chi connectivity index (χ2v) is 17.7. The Morgan fingerprint density at radius 1 is 0.960 bits per heavy atom. The average molecular weight is 382 g/mol. The summed E-state index contributed by atoms with van der Waals surface area (Å²) in [4.78, 5) is 13.8. The van der Waals surface area contributed by atoms with E-state index in [9.17, 15) is 4.79 Å². The predicted octanol–water partition coefficient (Wildman–Crippen LogP) is 4.70. The molecule has 0 bridgehead atoms. The van der Waals surface area contributed by atoms with Gasteiger partial charge in [-0.3, -0.25) is 9.69 Å². The van der Waals surface area contributed by atoms with Crippen LogP contribution in [-0.4, -0.2) is 40.4 Å². The first-order chi connectivity index (χ1) is 11.4. The molecule has 4 nitrogen and oxygen atoms in total. The van der Waals surface area contributed by atoms with Gasteiger partial charge in [0, 0.05) is 6.42 Å². The van der Waals surface area contributed by atoms with Gasteiger partial charge in [0.15, 0.2) is 16.6 Å². The number of hydrogen-bond acceptors (Lipinski definition) is 3. The topological polar surface area (TPSA) is 38.8 Å². The molecule has 0 fully saturated rings. The summed E-state index contributed by atoms with van der Waals surface area (Å²) in [6, 6.07) is 10.2. The van der Waals surface area contributed by atoms with Gasteiger partial charge >= 0.3 is 0 Å². The highest BCUT2D eigenvalue weighted by Gasteiger charge is 2.34. The number of carbonyl (C=O) groups is 1. The molecule has 25 heavy (non-hydrogen) atoms. The summed E-state index contributed by atoms with van der Waals surface area (Å²) in [5, 5.41) is 0. The second kappa shape index (κ2) is 9.12. The summed E-state index contributed by atoms with van der Waals surface area (Å²) in [5.74, 6) is 0.195. The third kappa shape index (κ3) is 8.31. The fraction of sp³-hybridized carbons (Fsp3) is 0.632. The summed E-state index contributed by atoms with van der Waals surface area (Å²) in [5.41, 5.74) is 1.16. The minimum atomic E-state index is -1.84. The molecule has 0 heterocycles. The highest BCUT2D eigenvalue weighted by Crippen LogP contribution is 2.23. The molecule has 0 N–H and O–H groups in total. The average Bonchev–Trinajstić information content (AvgIpc) is 2.45. The largest absolute Gasteiger partial charge is 0.397 e. The molecule has 1 rings (SSSR count). The van der Waals surface area contributed by atoms with Crippen LogP contribution in [-0.2, 0) is 20.1 Å². The first-order valence-electron chi connectivity index (χ1n) is 9.05. The lowest BCUT2D eigenvalue weighted by Gasteiger charge is -2.42. The van der Waals surface area contributed by atoms with Gasteiger partial charge in [0.05, 0.1) is 0 Å². The minimum absolute atomic E-state index is 0.195. The molecule has 0 aliphatic carbocycles. The Morgan fingerprint density at radius 3 is 1.88 bits per heavy atom. The number of nitrogens with zero attached hydrogens (tertiary/aromatic N) is 1. The van der Waals surface area contributed by atoms with Crippen LogP contribution >= 0.6 is 0 Å². The summed E-state index contributed by atoms with van der Waals surface area (Å²) in [6.07, 6.45) is 0.991. The lowest BCUT2D eigenvalue weighted by atomic mass is 10.1. The summed E-state index contributed by atoms with van der Waals surface area (Å²) < 4.78 is 12.8. The standard InChI is InChI=1S/C19H35NO3Si2/c1-16(2)19(23-25(6,7)8)20(15-21)18(22-24(3,4)5)14-17-12-10-9-11-13-17/h9-13,15-16,18-19H,14H2,1-8H3. The fourth-order valence-electron chi connectivity index (χ4n) is 2.63. The van der Waals surface area contributed by atoms with Gasteiger partial charge in [0.25, 0.3) is 0 Å². The van der Waals surface area contributed by atoms with Crippen molar-refractivity contribution in [3.05, 3.63) is 35.9 Å². The van der Waals surface area contributed by atoms with Crippen LogP contribution in [0.5, 0.6) is 0 Å². The maximum atomic E-state index is 12.1. The number of benzene rings is 1. The van der Waals surface area contributed by atoms with Crippen molar-refractivity contribution in [2.75, 3.05) is 0 Å². The number of hydrogen-bond donors (Lipinski definition) is 0. The third-order valence-electron chi connectivity index (χ3n) is 3.54. The molecule has 1 aromatic carbocycles. The van der Waals surface area contributed by atoms with Gasteiger partial charge in [-0.1, -0.05) is 44.2 Å². The van der Waals surface area contributed by atoms with Gasteiger partial charge in [-0.2, -0.15) is 0 Å². The van der Waals surface area contributed by atoms with Crippen LogP contribution in [0, 0.1) is 5.92 Å². The van der Waals surface area contributed by atoms with Gasteiger partial charge in [-0.25, -0.2) is 0 Å². The molecule has 2 atom stereocenters. The molecule has 0 saturated heterocycles. The Bertz CT molecular complexity index is 524. The molecule has 0 aliphatic rings. The Hall–Kier alpha value is -0.956. The molecule has 1 aromatic rings. The van der Waals surface area contributed by atoms with Crippen molar-refractivity contribution in [1.29, 1.82) is 0 Å². The second-order valence-electron chi connectivity index (χ2n) is 8.79. The van der Waals surface area contributed by atoms with E-state index in [1.54, 1.807) is 4.90 Å². The Morgan fingerprint density at radius 2 is 1.48 bits per heavy atom. The Labute approximate surface area is 155 Å². The van der Waals surface area contributed by atoms with Crippen molar-refractivity contribution in [3.63, 3.8) is 0 Å². The molecular weight excluding hydrogens is 346 g/mol. The van der Waals surface area contributed by atoms with Crippen LogP contribution < -0.4 is 0 Å². The van der Waals surface area contributed by atoms with Crippen LogP contribution in [0.3, 0.4) is 0 Å². The van der Waals surface area contributed by atoms with Crippen molar-refractivity contribution in [1.82, 2.24) is 4.90 Å². The van der Waals surface area contributed by atoms with Gasteiger partial charge in [-0.15, -0.1) is 0 Å². The van der Waals surface area contributed by atoms with Gasteiger partial charge in [-0.05, 0) is 50.8 Å². The first-order valence-corrected chi connectivity index (χ1v) is 15.9. The van der Waals surface area contributed by atoms with Gasteiger partial charge in [0.1, 0.15) is 12.5 Å². The van der Waals surface area contributed by atoms with E-state index in [-0.39, 0.29) is 18.4 Å². The molecular formula is C19H35NO3Si2. The normalized spacial score (nSPS) is 15.1. The van der Waals surface area contributed by atoms with Crippen molar-refractivity contribution in [2.45, 2.75) is 72.0 Å². The zero-order chi connectivity index (χ0) is 19.3. The van der Waals surface area contributed by atoms with Gasteiger partial charge in [0.2, 0.25) is 6.41 Å². The number of amides is 1. The number of rotatable bonds is 10. The van der Waals surface area contributed by atoms with Crippen molar-refractivity contribution in [3.8, 4) is 0 Å². The SMILES string of the molecule is CC(C)C(O[Si](C)(C)C)N(C=O)C(Cc1ccccc1)O[Si](C)(C)C. The lowest BCUT2D eigenvalue weighted by Crippen LogP contribution is -2.54. The van der Waals surface area contributed by atoms with E-state index in [0.29, 0.717) is 6.42 Å². The van der Waals surface area contributed by atoms with E-state index in [1.165, 1.54) is 0 Å². The molecule has 0 spiro atoms. The van der Waals surface area contributed by atoms with E-state index in [1.807, 2.05) is 18.2 Å². The van der Waals surface area contributed by atoms with Crippen molar-refractivity contribution < 1.29 is 13.6 Å². The third-order valence-corrected chi connectivity index (χ3v) is 5.46. The molecule has 1 amide bonds. The maximum Gasteiger partial charge on any atom is 0.213 e. The zero-order valence-corrected chi connectivity index (χ0v) is 19.1. The molecule has 142 valence electrons. The molecule has 2 unspecified atom stereocenters. The lowest BCUT2D eigenvalue weighted by molar-refractivity contribution is -0.146. The Kier molecular flexibility index (Phi) is 8.06. The van der Waals surface area contributed by atoms with E-state index >= 15 is 0 Å². The summed E-state index contributed by atoms with van der Waals surface area (Å²) in [7, 11) is -3.64. The summed E-state index contributed by atoms with van der Waals surface area (Å²) >= 11 is 0. The smallest absolute Gasteiger partial charge is 0.213 e. The Balaban J connectivity index is 3.14. The number of carbonyl (C=O) groups excluding carboxylic acids is 1. The molecule has 6 heteroatoms. The van der Waals surface area contributed by atoms with Crippen LogP contribution in [0.4, 0.5) is 0 Å². The van der Waals surface area contributed by atoms with E-state index in [2.05, 4.69) is 65.3 Å². The highest BCUT2D eigenvalue weighted by atomic mass is 28.4. The monoisotopic (exact) mass is 381 g/mol. The quantitative estimate of drug-likeness (QED) is 0.335. The van der Waals surface area contributed by atoms with E-state index in [4.69, 9.17) is 8.85 Å². The maximum absolute atomic E-state index is 12.1. The molecule has 0 radical (unpaired) electrons. The van der Waals surface area contributed by atoms with E-state index < -0.39 is 16.6 Å². The first kappa shape index (κ1) is 22.1. The predicted molar refractivity (Wildman–Crippen MR) is 109 cm³/mol. The molecule has 0 aliphatic heterocycles. The van der Waals surface area contributed by atoms with Gasteiger partial charge < -0.3 is 8.85 Å². The van der Waals surface area contributed by atoms with Crippen LogP contribution in [0.25, 0.3) is 0 Å². The van der Waals surface area contributed by atoms with Crippen LogP contribution in [0.15, 0.2) is 30.3 Å². The fourth-order valence-corrected chi connectivity index (χ4v) is 4.77. The van der Waals surface area contributed by atoms with Crippen molar-refractivity contribution in [2.24, 2.45) is 5.92 Å².